The van der Waals surface area contributed by atoms with Crippen molar-refractivity contribution in [1.29, 1.82) is 0 Å². The second-order valence-corrected chi connectivity index (χ2v) is 6.91. The Balaban J connectivity index is 1.62. The predicted molar refractivity (Wildman–Crippen MR) is 90.0 cm³/mol. The number of hydrogen-bond acceptors (Lipinski definition) is 3. The summed E-state index contributed by atoms with van der Waals surface area (Å²) in [5.74, 6) is 0. The van der Waals surface area contributed by atoms with Gasteiger partial charge in [-0.25, -0.2) is 0 Å². The minimum Gasteiger partial charge on any atom is -0.372 e. The van der Waals surface area contributed by atoms with E-state index in [1.165, 1.54) is 55.6 Å². The monoisotopic (exact) mass is 287 g/mol. The van der Waals surface area contributed by atoms with E-state index in [2.05, 4.69) is 54.3 Å². The highest BCUT2D eigenvalue weighted by atomic mass is 15.2. The molecule has 3 rings (SSSR count). The van der Waals surface area contributed by atoms with Gasteiger partial charge in [-0.3, -0.25) is 0 Å². The van der Waals surface area contributed by atoms with Crippen molar-refractivity contribution in [2.45, 2.75) is 51.2 Å². The first-order valence-corrected chi connectivity index (χ1v) is 8.38. The highest BCUT2D eigenvalue weighted by molar-refractivity contribution is 5.51. The molecule has 116 valence electrons. The highest BCUT2D eigenvalue weighted by Gasteiger charge is 2.22. The van der Waals surface area contributed by atoms with Gasteiger partial charge in [0.15, 0.2) is 0 Å². The SMILES string of the molecule is Cc1cc(N(C)C2CCN(C)CC2)ccc1CNC1CC1. The van der Waals surface area contributed by atoms with Crippen molar-refractivity contribution in [2.24, 2.45) is 0 Å². The molecule has 0 atom stereocenters. The third kappa shape index (κ3) is 3.78. The van der Waals surface area contributed by atoms with Gasteiger partial charge in [-0.15, -0.1) is 0 Å². The Morgan fingerprint density at radius 2 is 1.90 bits per heavy atom. The smallest absolute Gasteiger partial charge is 0.0368 e. The van der Waals surface area contributed by atoms with E-state index in [9.17, 15) is 0 Å². The molecule has 0 radical (unpaired) electrons. The van der Waals surface area contributed by atoms with Crippen LogP contribution in [0.1, 0.15) is 36.8 Å². The van der Waals surface area contributed by atoms with Crippen molar-refractivity contribution >= 4 is 5.69 Å². The van der Waals surface area contributed by atoms with Crippen LogP contribution in [0.3, 0.4) is 0 Å². The van der Waals surface area contributed by atoms with E-state index < -0.39 is 0 Å². The van der Waals surface area contributed by atoms with Crippen molar-refractivity contribution in [2.75, 3.05) is 32.1 Å². The topological polar surface area (TPSA) is 18.5 Å². The molecule has 0 unspecified atom stereocenters. The molecule has 1 saturated heterocycles. The van der Waals surface area contributed by atoms with E-state index in [0.29, 0.717) is 6.04 Å². The molecule has 3 heteroatoms. The number of aryl methyl sites for hydroxylation is 1. The summed E-state index contributed by atoms with van der Waals surface area (Å²) in [6.07, 6.45) is 5.26. The Bertz CT molecular complexity index is 473. The van der Waals surface area contributed by atoms with Gasteiger partial charge in [0.1, 0.15) is 0 Å². The number of likely N-dealkylation sites (tertiary alicyclic amines) is 1. The van der Waals surface area contributed by atoms with Crippen LogP contribution in [0.5, 0.6) is 0 Å². The van der Waals surface area contributed by atoms with E-state index in [1.54, 1.807) is 0 Å². The molecule has 1 aliphatic heterocycles. The molecule has 0 aromatic heterocycles. The van der Waals surface area contributed by atoms with E-state index in [1.807, 2.05) is 0 Å². The maximum Gasteiger partial charge on any atom is 0.0368 e. The van der Waals surface area contributed by atoms with Crippen molar-refractivity contribution in [3.05, 3.63) is 29.3 Å². The van der Waals surface area contributed by atoms with Crippen LogP contribution in [0, 0.1) is 6.92 Å². The van der Waals surface area contributed by atoms with Crippen LogP contribution >= 0.6 is 0 Å². The predicted octanol–water partition coefficient (Wildman–Crippen LogP) is 2.78. The fourth-order valence-electron chi connectivity index (χ4n) is 3.23. The van der Waals surface area contributed by atoms with E-state index in [-0.39, 0.29) is 0 Å². The lowest BCUT2D eigenvalue weighted by Crippen LogP contribution is -2.42. The minimum atomic E-state index is 0.691. The van der Waals surface area contributed by atoms with Gasteiger partial charge in [0.05, 0.1) is 0 Å². The molecule has 0 spiro atoms. The van der Waals surface area contributed by atoms with Crippen molar-refractivity contribution < 1.29 is 0 Å². The molecule has 2 aliphatic rings. The number of piperidine rings is 1. The van der Waals surface area contributed by atoms with Gasteiger partial charge in [0.25, 0.3) is 0 Å². The van der Waals surface area contributed by atoms with Crippen LogP contribution in [-0.4, -0.2) is 44.2 Å². The standard InChI is InChI=1S/C18H29N3/c1-14-12-18(7-4-15(14)13-19-16-5-6-16)21(3)17-8-10-20(2)11-9-17/h4,7,12,16-17,19H,5-6,8-11,13H2,1-3H3. The molecule has 1 aromatic rings. The third-order valence-electron chi connectivity index (χ3n) is 5.13. The lowest BCUT2D eigenvalue weighted by Gasteiger charge is -2.36. The van der Waals surface area contributed by atoms with Crippen LogP contribution in [0.15, 0.2) is 18.2 Å². The van der Waals surface area contributed by atoms with Crippen molar-refractivity contribution in [1.82, 2.24) is 10.2 Å². The van der Waals surface area contributed by atoms with Gasteiger partial charge >= 0.3 is 0 Å². The van der Waals surface area contributed by atoms with Gasteiger partial charge in [0, 0.05) is 31.4 Å². The largest absolute Gasteiger partial charge is 0.372 e. The first kappa shape index (κ1) is 14.9. The summed E-state index contributed by atoms with van der Waals surface area (Å²) >= 11 is 0. The molecule has 1 N–H and O–H groups in total. The van der Waals surface area contributed by atoms with Gasteiger partial charge in [-0.05, 0) is 76.0 Å². The Hall–Kier alpha value is -1.06. The van der Waals surface area contributed by atoms with Crippen LogP contribution in [0.4, 0.5) is 5.69 Å². The molecule has 0 bridgehead atoms. The van der Waals surface area contributed by atoms with E-state index in [4.69, 9.17) is 0 Å². The Morgan fingerprint density at radius 1 is 1.19 bits per heavy atom. The van der Waals surface area contributed by atoms with Crippen molar-refractivity contribution in [3.8, 4) is 0 Å². The average molecular weight is 287 g/mol. The summed E-state index contributed by atoms with van der Waals surface area (Å²) < 4.78 is 0. The molecular formula is C18H29N3. The van der Waals surface area contributed by atoms with Gasteiger partial charge in [-0.2, -0.15) is 0 Å². The van der Waals surface area contributed by atoms with Gasteiger partial charge in [0.2, 0.25) is 0 Å². The van der Waals surface area contributed by atoms with Crippen LogP contribution in [0.25, 0.3) is 0 Å². The van der Waals surface area contributed by atoms with Crippen LogP contribution < -0.4 is 10.2 Å². The Kier molecular flexibility index (Phi) is 4.51. The maximum atomic E-state index is 3.61. The summed E-state index contributed by atoms with van der Waals surface area (Å²) in [7, 11) is 4.48. The first-order chi connectivity index (χ1) is 10.1. The van der Waals surface area contributed by atoms with Crippen LogP contribution in [0.2, 0.25) is 0 Å². The number of nitrogens with one attached hydrogen (secondary N) is 1. The second-order valence-electron chi connectivity index (χ2n) is 6.91. The fraction of sp³-hybridized carbons (Fsp3) is 0.667. The summed E-state index contributed by atoms with van der Waals surface area (Å²) in [5.41, 5.74) is 4.24. The molecule has 21 heavy (non-hydrogen) atoms. The first-order valence-electron chi connectivity index (χ1n) is 8.38. The number of anilines is 1. The zero-order valence-corrected chi connectivity index (χ0v) is 13.7. The molecule has 2 fully saturated rings. The lowest BCUT2D eigenvalue weighted by molar-refractivity contribution is 0.253. The molecular weight excluding hydrogens is 258 g/mol. The number of benzene rings is 1. The number of rotatable bonds is 5. The minimum absolute atomic E-state index is 0.691. The van der Waals surface area contributed by atoms with E-state index >= 15 is 0 Å². The van der Waals surface area contributed by atoms with Gasteiger partial charge in [-0.1, -0.05) is 6.07 Å². The molecule has 1 saturated carbocycles. The fourth-order valence-corrected chi connectivity index (χ4v) is 3.23. The quantitative estimate of drug-likeness (QED) is 0.898. The second kappa shape index (κ2) is 6.37. The highest BCUT2D eigenvalue weighted by Crippen LogP contribution is 2.25. The Labute approximate surface area is 129 Å². The normalized spacial score (nSPS) is 20.7. The molecule has 1 aromatic carbocycles. The van der Waals surface area contributed by atoms with Gasteiger partial charge < -0.3 is 15.1 Å². The molecule has 3 nitrogen and oxygen atoms in total. The maximum absolute atomic E-state index is 3.61. The third-order valence-corrected chi connectivity index (χ3v) is 5.13. The Morgan fingerprint density at radius 3 is 2.52 bits per heavy atom. The summed E-state index contributed by atoms with van der Waals surface area (Å²) in [6, 6.07) is 8.45. The zero-order valence-electron chi connectivity index (χ0n) is 13.7. The summed E-state index contributed by atoms with van der Waals surface area (Å²) in [4.78, 5) is 4.92. The van der Waals surface area contributed by atoms with Crippen molar-refractivity contribution in [3.63, 3.8) is 0 Å². The van der Waals surface area contributed by atoms with Crippen LogP contribution in [-0.2, 0) is 6.54 Å². The lowest BCUT2D eigenvalue weighted by atomic mass is 10.0. The number of nitrogens with zero attached hydrogens (tertiary/aromatic N) is 2. The summed E-state index contributed by atoms with van der Waals surface area (Å²) in [6.45, 7) is 5.71. The number of hydrogen-bond donors (Lipinski definition) is 1. The molecule has 1 aliphatic carbocycles. The molecule has 1 heterocycles. The molecule has 0 amide bonds. The zero-order chi connectivity index (χ0) is 14.8. The van der Waals surface area contributed by atoms with E-state index in [0.717, 1.165) is 12.6 Å². The summed E-state index contributed by atoms with van der Waals surface area (Å²) in [5, 5.41) is 3.61. The average Bonchev–Trinajstić information content (AvgIpc) is 3.30.